The number of aromatic hydroxyl groups is 1. The lowest BCUT2D eigenvalue weighted by Gasteiger charge is -2.19. The molecule has 0 spiro atoms. The van der Waals surface area contributed by atoms with Crippen molar-refractivity contribution < 1.29 is 9.90 Å². The Labute approximate surface area is 120 Å². The van der Waals surface area contributed by atoms with Crippen LogP contribution in [0.25, 0.3) is 0 Å². The SMILES string of the molecule is C=CC1=CCN(C(=O)c2cc(C(C)C)c(O)cc2C)C1. The molecule has 106 valence electrons. The highest BCUT2D eigenvalue weighted by Gasteiger charge is 2.22. The number of hydrogen-bond acceptors (Lipinski definition) is 2. The van der Waals surface area contributed by atoms with Gasteiger partial charge in [-0.05, 0) is 41.7 Å². The van der Waals surface area contributed by atoms with Crippen LogP contribution in [-0.4, -0.2) is 29.0 Å². The third-order valence-electron chi connectivity index (χ3n) is 3.72. The van der Waals surface area contributed by atoms with Crippen LogP contribution in [0.1, 0.15) is 41.3 Å². The molecule has 3 heteroatoms. The molecule has 0 atom stereocenters. The van der Waals surface area contributed by atoms with Crippen LogP contribution in [-0.2, 0) is 0 Å². The van der Waals surface area contributed by atoms with Gasteiger partial charge in [-0.3, -0.25) is 4.79 Å². The van der Waals surface area contributed by atoms with E-state index in [0.717, 1.165) is 16.7 Å². The molecule has 1 aliphatic rings. The second-order valence-electron chi connectivity index (χ2n) is 5.55. The van der Waals surface area contributed by atoms with Crippen LogP contribution < -0.4 is 0 Å². The van der Waals surface area contributed by atoms with Crippen LogP contribution in [0.15, 0.2) is 36.4 Å². The minimum absolute atomic E-state index is 0.0116. The van der Waals surface area contributed by atoms with Crippen molar-refractivity contribution in [3.8, 4) is 5.75 Å². The number of amides is 1. The van der Waals surface area contributed by atoms with Gasteiger partial charge in [0.2, 0.25) is 0 Å². The Morgan fingerprint density at radius 2 is 2.15 bits per heavy atom. The van der Waals surface area contributed by atoms with Crippen LogP contribution in [0.4, 0.5) is 0 Å². The van der Waals surface area contributed by atoms with Gasteiger partial charge in [0.05, 0.1) is 0 Å². The first-order chi connectivity index (χ1) is 9.43. The fourth-order valence-corrected chi connectivity index (χ4v) is 2.45. The van der Waals surface area contributed by atoms with Crippen molar-refractivity contribution in [2.24, 2.45) is 0 Å². The van der Waals surface area contributed by atoms with Gasteiger partial charge in [-0.15, -0.1) is 0 Å². The molecule has 0 unspecified atom stereocenters. The topological polar surface area (TPSA) is 40.5 Å². The highest BCUT2D eigenvalue weighted by atomic mass is 16.3. The molecule has 1 amide bonds. The summed E-state index contributed by atoms with van der Waals surface area (Å²) in [5.74, 6) is 0.459. The van der Waals surface area contributed by atoms with E-state index in [1.165, 1.54) is 0 Å². The molecule has 0 saturated heterocycles. The number of phenols is 1. The second kappa shape index (κ2) is 5.53. The Morgan fingerprint density at radius 3 is 2.70 bits per heavy atom. The Kier molecular flexibility index (Phi) is 3.98. The molecule has 0 saturated carbocycles. The zero-order valence-electron chi connectivity index (χ0n) is 12.3. The van der Waals surface area contributed by atoms with Crippen molar-refractivity contribution in [1.29, 1.82) is 0 Å². The maximum Gasteiger partial charge on any atom is 0.254 e. The van der Waals surface area contributed by atoms with Crippen molar-refractivity contribution >= 4 is 5.91 Å². The zero-order chi connectivity index (χ0) is 14.9. The van der Waals surface area contributed by atoms with Crippen molar-refractivity contribution in [1.82, 2.24) is 4.90 Å². The first-order valence-electron chi connectivity index (χ1n) is 6.88. The molecule has 2 rings (SSSR count). The number of nitrogens with zero attached hydrogens (tertiary/aromatic N) is 1. The van der Waals surface area contributed by atoms with Crippen molar-refractivity contribution in [2.45, 2.75) is 26.7 Å². The average Bonchev–Trinajstić information content (AvgIpc) is 2.86. The van der Waals surface area contributed by atoms with Crippen LogP contribution in [0.2, 0.25) is 0 Å². The lowest BCUT2D eigenvalue weighted by Crippen LogP contribution is -2.29. The van der Waals surface area contributed by atoms with E-state index in [1.807, 2.05) is 32.9 Å². The molecule has 0 aromatic heterocycles. The van der Waals surface area contributed by atoms with Gasteiger partial charge in [0, 0.05) is 18.7 Å². The van der Waals surface area contributed by atoms with Crippen LogP contribution >= 0.6 is 0 Å². The van der Waals surface area contributed by atoms with Crippen LogP contribution in [0.3, 0.4) is 0 Å². The van der Waals surface area contributed by atoms with Crippen molar-refractivity contribution in [3.63, 3.8) is 0 Å². The average molecular weight is 271 g/mol. The predicted octanol–water partition coefficient (Wildman–Crippen LogP) is 3.39. The third-order valence-corrected chi connectivity index (χ3v) is 3.72. The number of hydrogen-bond donors (Lipinski definition) is 1. The third kappa shape index (κ3) is 2.62. The largest absolute Gasteiger partial charge is 0.508 e. The number of rotatable bonds is 3. The first kappa shape index (κ1) is 14.4. The highest BCUT2D eigenvalue weighted by Crippen LogP contribution is 2.29. The van der Waals surface area contributed by atoms with Gasteiger partial charge in [0.1, 0.15) is 5.75 Å². The van der Waals surface area contributed by atoms with Crippen molar-refractivity contribution in [2.75, 3.05) is 13.1 Å². The Bertz CT molecular complexity index is 585. The predicted molar refractivity (Wildman–Crippen MR) is 81.1 cm³/mol. The fraction of sp³-hybridized carbons (Fsp3) is 0.353. The van der Waals surface area contributed by atoms with E-state index in [9.17, 15) is 9.90 Å². The summed E-state index contributed by atoms with van der Waals surface area (Å²) in [4.78, 5) is 14.4. The molecule has 0 bridgehead atoms. The summed E-state index contributed by atoms with van der Waals surface area (Å²) in [6.07, 6.45) is 3.81. The zero-order valence-corrected chi connectivity index (χ0v) is 12.3. The molecule has 1 heterocycles. The summed E-state index contributed by atoms with van der Waals surface area (Å²) in [6.45, 7) is 10.8. The maximum absolute atomic E-state index is 12.6. The summed E-state index contributed by atoms with van der Waals surface area (Å²) in [7, 11) is 0. The molecule has 1 N–H and O–H groups in total. The van der Waals surface area contributed by atoms with E-state index in [1.54, 1.807) is 17.0 Å². The lowest BCUT2D eigenvalue weighted by molar-refractivity contribution is 0.0797. The van der Waals surface area contributed by atoms with Gasteiger partial charge >= 0.3 is 0 Å². The molecule has 3 nitrogen and oxygen atoms in total. The molecule has 1 aliphatic heterocycles. The van der Waals surface area contributed by atoms with E-state index in [2.05, 4.69) is 6.58 Å². The molecule has 20 heavy (non-hydrogen) atoms. The number of phenolic OH excluding ortho intramolecular Hbond substituents is 1. The minimum Gasteiger partial charge on any atom is -0.508 e. The van der Waals surface area contributed by atoms with Gasteiger partial charge in [-0.2, -0.15) is 0 Å². The van der Waals surface area contributed by atoms with Crippen LogP contribution in [0, 0.1) is 6.92 Å². The molecule has 0 fully saturated rings. The van der Waals surface area contributed by atoms with E-state index >= 15 is 0 Å². The summed E-state index contributed by atoms with van der Waals surface area (Å²) in [5.41, 5.74) is 3.38. The highest BCUT2D eigenvalue weighted by molar-refractivity contribution is 5.96. The lowest BCUT2D eigenvalue weighted by atomic mass is 9.96. The summed E-state index contributed by atoms with van der Waals surface area (Å²) >= 11 is 0. The van der Waals surface area contributed by atoms with Gasteiger partial charge < -0.3 is 10.0 Å². The normalized spacial score (nSPS) is 14.6. The van der Waals surface area contributed by atoms with E-state index in [4.69, 9.17) is 0 Å². The number of benzene rings is 1. The first-order valence-corrected chi connectivity index (χ1v) is 6.88. The standard InChI is InChI=1S/C17H21NO2/c1-5-13-6-7-18(10-13)17(20)15-9-14(11(2)3)16(19)8-12(15)4/h5-6,8-9,11,19H,1,7,10H2,2-4H3. The van der Waals surface area contributed by atoms with E-state index in [-0.39, 0.29) is 17.6 Å². The summed E-state index contributed by atoms with van der Waals surface area (Å²) in [6, 6.07) is 3.50. The molecule has 0 radical (unpaired) electrons. The second-order valence-corrected chi connectivity index (χ2v) is 5.55. The Hall–Kier alpha value is -2.03. The summed E-state index contributed by atoms with van der Waals surface area (Å²) < 4.78 is 0. The van der Waals surface area contributed by atoms with Gasteiger partial charge in [-0.1, -0.05) is 32.6 Å². The number of carbonyl (C=O) groups is 1. The molecule has 1 aromatic rings. The van der Waals surface area contributed by atoms with Gasteiger partial charge in [0.15, 0.2) is 0 Å². The molecular formula is C17H21NO2. The molecule has 0 aliphatic carbocycles. The van der Waals surface area contributed by atoms with E-state index in [0.29, 0.717) is 18.7 Å². The van der Waals surface area contributed by atoms with Crippen molar-refractivity contribution in [3.05, 3.63) is 53.1 Å². The Balaban J connectivity index is 2.31. The number of carbonyl (C=O) groups excluding carboxylic acids is 1. The van der Waals surface area contributed by atoms with E-state index < -0.39 is 0 Å². The van der Waals surface area contributed by atoms with Gasteiger partial charge in [-0.25, -0.2) is 0 Å². The number of aryl methyl sites for hydroxylation is 1. The maximum atomic E-state index is 12.6. The summed E-state index contributed by atoms with van der Waals surface area (Å²) in [5, 5.41) is 9.96. The minimum atomic E-state index is 0.0116. The molecular weight excluding hydrogens is 250 g/mol. The molecule has 1 aromatic carbocycles. The monoisotopic (exact) mass is 271 g/mol. The van der Waals surface area contributed by atoms with Crippen LogP contribution in [0.5, 0.6) is 5.75 Å². The quantitative estimate of drug-likeness (QED) is 0.915. The van der Waals surface area contributed by atoms with Gasteiger partial charge in [0.25, 0.3) is 5.91 Å². The smallest absolute Gasteiger partial charge is 0.254 e. The Morgan fingerprint density at radius 1 is 1.45 bits per heavy atom. The fourth-order valence-electron chi connectivity index (χ4n) is 2.45.